The number of hydrogen-bond donors (Lipinski definition) is 0. The van der Waals surface area contributed by atoms with Crippen LogP contribution in [0.25, 0.3) is 0 Å². The third-order valence-corrected chi connectivity index (χ3v) is 1.97. The van der Waals surface area contributed by atoms with E-state index < -0.39 is 0 Å². The fourth-order valence-electron chi connectivity index (χ4n) is 1.19. The number of pyridine rings is 1. The van der Waals surface area contributed by atoms with Gasteiger partial charge in [-0.2, -0.15) is 0 Å². The first-order valence-electron chi connectivity index (χ1n) is 4.85. The summed E-state index contributed by atoms with van der Waals surface area (Å²) >= 11 is 0. The lowest BCUT2D eigenvalue weighted by Gasteiger charge is -2.10. The number of esters is 1. The Hall–Kier alpha value is -1.58. The van der Waals surface area contributed by atoms with Crippen molar-refractivity contribution in [1.82, 2.24) is 4.98 Å². The van der Waals surface area contributed by atoms with E-state index in [1.165, 1.54) is 6.92 Å². The van der Waals surface area contributed by atoms with Crippen molar-refractivity contribution in [1.29, 1.82) is 0 Å². The van der Waals surface area contributed by atoms with Gasteiger partial charge >= 0.3 is 5.97 Å². The molecule has 82 valence electrons. The Bertz CT molecular complexity index is 350. The van der Waals surface area contributed by atoms with Crippen molar-refractivity contribution >= 4 is 5.97 Å². The molecule has 0 spiro atoms. The van der Waals surface area contributed by atoms with Gasteiger partial charge in [0.25, 0.3) is 0 Å². The predicted octanol–water partition coefficient (Wildman–Crippen LogP) is 1.85. The van der Waals surface area contributed by atoms with E-state index in [-0.39, 0.29) is 12.6 Å². The second-order valence-corrected chi connectivity index (χ2v) is 3.09. The topological polar surface area (TPSA) is 48.4 Å². The first-order valence-corrected chi connectivity index (χ1v) is 4.85. The van der Waals surface area contributed by atoms with Gasteiger partial charge in [-0.1, -0.05) is 0 Å². The Morgan fingerprint density at radius 2 is 2.27 bits per heavy atom. The zero-order chi connectivity index (χ0) is 11.3. The molecule has 15 heavy (non-hydrogen) atoms. The lowest BCUT2D eigenvalue weighted by atomic mass is 10.2. The minimum absolute atomic E-state index is 0.197. The van der Waals surface area contributed by atoms with E-state index in [1.54, 1.807) is 12.3 Å². The summed E-state index contributed by atoms with van der Waals surface area (Å²) in [4.78, 5) is 14.8. The van der Waals surface area contributed by atoms with Gasteiger partial charge in [0, 0.05) is 18.7 Å². The number of carbonyl (C=O) groups is 1. The molecule has 0 N–H and O–H groups in total. The van der Waals surface area contributed by atoms with E-state index in [0.717, 1.165) is 17.0 Å². The molecular weight excluding hydrogens is 194 g/mol. The molecule has 0 fully saturated rings. The molecule has 0 unspecified atom stereocenters. The molecule has 1 aromatic heterocycles. The van der Waals surface area contributed by atoms with E-state index in [9.17, 15) is 4.79 Å². The van der Waals surface area contributed by atoms with Crippen LogP contribution in [0, 0.1) is 6.92 Å². The third-order valence-electron chi connectivity index (χ3n) is 1.97. The number of carbonyl (C=O) groups excluding carboxylic acids is 1. The smallest absolute Gasteiger partial charge is 0.303 e. The first-order chi connectivity index (χ1) is 7.15. The van der Waals surface area contributed by atoms with Crippen molar-refractivity contribution in [2.45, 2.75) is 27.4 Å². The highest BCUT2D eigenvalue weighted by atomic mass is 16.5. The van der Waals surface area contributed by atoms with Gasteiger partial charge in [0.1, 0.15) is 12.4 Å². The van der Waals surface area contributed by atoms with Crippen molar-refractivity contribution in [3.05, 3.63) is 23.5 Å². The maximum absolute atomic E-state index is 10.7. The van der Waals surface area contributed by atoms with Crippen LogP contribution >= 0.6 is 0 Å². The average molecular weight is 209 g/mol. The molecule has 1 rings (SSSR count). The molecule has 0 atom stereocenters. The SMILES string of the molecule is CCOc1ccnc(COC(C)=O)c1C. The molecule has 0 amide bonds. The van der Waals surface area contributed by atoms with Crippen LogP contribution in [0.4, 0.5) is 0 Å². The zero-order valence-electron chi connectivity index (χ0n) is 9.24. The predicted molar refractivity (Wildman–Crippen MR) is 55.6 cm³/mol. The number of rotatable bonds is 4. The van der Waals surface area contributed by atoms with E-state index in [2.05, 4.69) is 4.98 Å². The van der Waals surface area contributed by atoms with Gasteiger partial charge < -0.3 is 9.47 Å². The van der Waals surface area contributed by atoms with Gasteiger partial charge in [-0.3, -0.25) is 9.78 Å². The fourth-order valence-corrected chi connectivity index (χ4v) is 1.19. The normalized spacial score (nSPS) is 9.80. The first kappa shape index (κ1) is 11.5. The molecule has 4 nitrogen and oxygen atoms in total. The number of nitrogens with zero attached hydrogens (tertiary/aromatic N) is 1. The molecule has 0 saturated carbocycles. The Balaban J connectivity index is 2.79. The quantitative estimate of drug-likeness (QED) is 0.710. The summed E-state index contributed by atoms with van der Waals surface area (Å²) in [6, 6.07) is 1.80. The van der Waals surface area contributed by atoms with Gasteiger partial charge in [-0.25, -0.2) is 0 Å². The summed E-state index contributed by atoms with van der Waals surface area (Å²) in [5, 5.41) is 0. The fraction of sp³-hybridized carbons (Fsp3) is 0.455. The lowest BCUT2D eigenvalue weighted by molar-refractivity contribution is -0.142. The Labute approximate surface area is 89.2 Å². The number of ether oxygens (including phenoxy) is 2. The van der Waals surface area contributed by atoms with Crippen LogP contribution in [-0.4, -0.2) is 17.6 Å². The molecule has 1 aromatic rings. The zero-order valence-corrected chi connectivity index (χ0v) is 9.24. The van der Waals surface area contributed by atoms with Crippen molar-refractivity contribution in [3.63, 3.8) is 0 Å². The van der Waals surface area contributed by atoms with Crippen LogP contribution < -0.4 is 4.74 Å². The molecule has 0 aliphatic rings. The monoisotopic (exact) mass is 209 g/mol. The van der Waals surface area contributed by atoms with E-state index in [1.807, 2.05) is 13.8 Å². The molecule has 0 aromatic carbocycles. The highest BCUT2D eigenvalue weighted by Gasteiger charge is 2.07. The Morgan fingerprint density at radius 3 is 2.87 bits per heavy atom. The van der Waals surface area contributed by atoms with Crippen LogP contribution in [0.2, 0.25) is 0 Å². The second kappa shape index (κ2) is 5.34. The summed E-state index contributed by atoms with van der Waals surface area (Å²) in [6.07, 6.45) is 1.65. The maximum Gasteiger partial charge on any atom is 0.303 e. The highest BCUT2D eigenvalue weighted by Crippen LogP contribution is 2.19. The molecule has 0 bridgehead atoms. The highest BCUT2D eigenvalue weighted by molar-refractivity contribution is 5.65. The lowest BCUT2D eigenvalue weighted by Crippen LogP contribution is -2.04. The molecule has 0 aliphatic carbocycles. The molecule has 0 aliphatic heterocycles. The van der Waals surface area contributed by atoms with Crippen molar-refractivity contribution < 1.29 is 14.3 Å². The van der Waals surface area contributed by atoms with E-state index >= 15 is 0 Å². The van der Waals surface area contributed by atoms with E-state index in [4.69, 9.17) is 9.47 Å². The minimum Gasteiger partial charge on any atom is -0.493 e. The molecule has 0 radical (unpaired) electrons. The second-order valence-electron chi connectivity index (χ2n) is 3.09. The van der Waals surface area contributed by atoms with Crippen LogP contribution in [0.15, 0.2) is 12.3 Å². The standard InChI is InChI=1S/C11H15NO3/c1-4-14-11-5-6-12-10(8(11)2)7-15-9(3)13/h5-6H,4,7H2,1-3H3. The largest absolute Gasteiger partial charge is 0.493 e. The third kappa shape index (κ3) is 3.23. The summed E-state index contributed by atoms with van der Waals surface area (Å²) in [7, 11) is 0. The summed E-state index contributed by atoms with van der Waals surface area (Å²) in [5.74, 6) is 0.479. The van der Waals surface area contributed by atoms with Crippen molar-refractivity contribution in [2.24, 2.45) is 0 Å². The average Bonchev–Trinajstić information content (AvgIpc) is 2.19. The van der Waals surface area contributed by atoms with Gasteiger partial charge in [-0.15, -0.1) is 0 Å². The van der Waals surface area contributed by atoms with Crippen LogP contribution in [0.5, 0.6) is 5.75 Å². The minimum atomic E-state index is -0.307. The molecule has 1 heterocycles. The van der Waals surface area contributed by atoms with Gasteiger partial charge in [0.2, 0.25) is 0 Å². The Morgan fingerprint density at radius 1 is 1.53 bits per heavy atom. The van der Waals surface area contributed by atoms with Crippen LogP contribution in [0.3, 0.4) is 0 Å². The van der Waals surface area contributed by atoms with Gasteiger partial charge in [-0.05, 0) is 19.9 Å². The van der Waals surface area contributed by atoms with Gasteiger partial charge in [0.05, 0.1) is 12.3 Å². The maximum atomic E-state index is 10.7. The molecular formula is C11H15NO3. The Kier molecular flexibility index (Phi) is 4.09. The van der Waals surface area contributed by atoms with Gasteiger partial charge in [0.15, 0.2) is 0 Å². The summed E-state index contributed by atoms with van der Waals surface area (Å²) in [6.45, 7) is 6.00. The molecule has 4 heteroatoms. The molecule has 0 saturated heterocycles. The van der Waals surface area contributed by atoms with Crippen molar-refractivity contribution in [3.8, 4) is 5.75 Å². The summed E-state index contributed by atoms with van der Waals surface area (Å²) in [5.41, 5.74) is 1.65. The van der Waals surface area contributed by atoms with E-state index in [0.29, 0.717) is 6.61 Å². The summed E-state index contributed by atoms with van der Waals surface area (Å²) < 4.78 is 10.3. The number of aromatic nitrogens is 1. The number of hydrogen-bond acceptors (Lipinski definition) is 4. The van der Waals surface area contributed by atoms with Crippen LogP contribution in [0.1, 0.15) is 25.1 Å². The van der Waals surface area contributed by atoms with Crippen molar-refractivity contribution in [2.75, 3.05) is 6.61 Å². The van der Waals surface area contributed by atoms with Crippen LogP contribution in [-0.2, 0) is 16.1 Å².